The molecular weight excluding hydrogens is 270 g/mol. The molecule has 0 aliphatic rings. The van der Waals surface area contributed by atoms with Crippen molar-refractivity contribution >= 4 is 29.3 Å². The summed E-state index contributed by atoms with van der Waals surface area (Å²) in [6, 6.07) is 7.49. The molecule has 2 N–H and O–H groups in total. The SMILES string of the molecule is CCOC(=O)CSC(c1ccc(Cl)cc1)C(C)N. The van der Waals surface area contributed by atoms with Crippen molar-refractivity contribution in [1.82, 2.24) is 0 Å². The Hall–Kier alpha value is -0.710. The first-order chi connectivity index (χ1) is 8.54. The predicted molar refractivity (Wildman–Crippen MR) is 76.9 cm³/mol. The summed E-state index contributed by atoms with van der Waals surface area (Å²) < 4.78 is 4.91. The molecule has 0 heterocycles. The molecule has 0 bridgehead atoms. The lowest BCUT2D eigenvalue weighted by molar-refractivity contribution is -0.139. The van der Waals surface area contributed by atoms with Crippen LogP contribution in [-0.2, 0) is 9.53 Å². The largest absolute Gasteiger partial charge is 0.465 e. The molecule has 5 heteroatoms. The highest BCUT2D eigenvalue weighted by molar-refractivity contribution is 8.00. The zero-order chi connectivity index (χ0) is 13.5. The summed E-state index contributed by atoms with van der Waals surface area (Å²) in [6.07, 6.45) is 0. The van der Waals surface area contributed by atoms with Gasteiger partial charge in [0.25, 0.3) is 0 Å². The number of hydrogen-bond acceptors (Lipinski definition) is 4. The molecule has 0 spiro atoms. The van der Waals surface area contributed by atoms with E-state index in [9.17, 15) is 4.79 Å². The van der Waals surface area contributed by atoms with E-state index in [-0.39, 0.29) is 17.3 Å². The van der Waals surface area contributed by atoms with Crippen LogP contribution in [0.2, 0.25) is 5.02 Å². The second-order valence-electron chi connectivity index (χ2n) is 3.95. The average molecular weight is 288 g/mol. The zero-order valence-electron chi connectivity index (χ0n) is 10.6. The van der Waals surface area contributed by atoms with E-state index < -0.39 is 0 Å². The number of carbonyl (C=O) groups is 1. The fraction of sp³-hybridized carbons (Fsp3) is 0.462. The standard InChI is InChI=1S/C13H18ClNO2S/c1-3-17-12(16)8-18-13(9(2)15)10-4-6-11(14)7-5-10/h4-7,9,13H,3,8,15H2,1-2H3. The summed E-state index contributed by atoms with van der Waals surface area (Å²) in [5, 5.41) is 0.754. The second-order valence-corrected chi connectivity index (χ2v) is 5.51. The average Bonchev–Trinajstić information content (AvgIpc) is 2.31. The molecule has 3 nitrogen and oxygen atoms in total. The number of carbonyl (C=O) groups excluding carboxylic acids is 1. The maximum atomic E-state index is 11.4. The van der Waals surface area contributed by atoms with E-state index in [1.54, 1.807) is 6.92 Å². The van der Waals surface area contributed by atoms with Crippen LogP contribution in [-0.4, -0.2) is 24.4 Å². The highest BCUT2D eigenvalue weighted by Crippen LogP contribution is 2.31. The fourth-order valence-corrected chi connectivity index (χ4v) is 2.74. The van der Waals surface area contributed by atoms with Gasteiger partial charge in [0.15, 0.2) is 0 Å². The van der Waals surface area contributed by atoms with Gasteiger partial charge in [-0.1, -0.05) is 23.7 Å². The van der Waals surface area contributed by atoms with Crippen LogP contribution in [0.5, 0.6) is 0 Å². The van der Waals surface area contributed by atoms with Gasteiger partial charge in [0.1, 0.15) is 0 Å². The first-order valence-electron chi connectivity index (χ1n) is 5.83. The van der Waals surface area contributed by atoms with E-state index in [1.807, 2.05) is 31.2 Å². The molecule has 0 aliphatic heterocycles. The first-order valence-corrected chi connectivity index (χ1v) is 7.25. The minimum absolute atomic E-state index is 0.0504. The van der Waals surface area contributed by atoms with Crippen LogP contribution in [0.25, 0.3) is 0 Å². The third kappa shape index (κ3) is 4.88. The van der Waals surface area contributed by atoms with Gasteiger partial charge in [0, 0.05) is 16.3 Å². The predicted octanol–water partition coefficient (Wildman–Crippen LogP) is 3.02. The quantitative estimate of drug-likeness (QED) is 0.817. The fourth-order valence-electron chi connectivity index (χ4n) is 1.56. The zero-order valence-corrected chi connectivity index (χ0v) is 12.1. The number of hydrogen-bond donors (Lipinski definition) is 1. The molecule has 0 saturated heterocycles. The molecule has 0 aromatic heterocycles. The maximum absolute atomic E-state index is 11.4. The molecule has 18 heavy (non-hydrogen) atoms. The minimum atomic E-state index is -0.206. The Morgan fingerprint density at radius 2 is 2.06 bits per heavy atom. The van der Waals surface area contributed by atoms with Gasteiger partial charge < -0.3 is 10.5 Å². The molecule has 2 unspecified atom stereocenters. The number of benzene rings is 1. The Morgan fingerprint density at radius 3 is 2.56 bits per heavy atom. The summed E-state index contributed by atoms with van der Waals surface area (Å²) in [5.74, 6) is 0.102. The molecule has 100 valence electrons. The van der Waals surface area contributed by atoms with Crippen molar-refractivity contribution in [3.63, 3.8) is 0 Å². The van der Waals surface area contributed by atoms with Crippen molar-refractivity contribution < 1.29 is 9.53 Å². The Labute approximate surface area is 117 Å². The Balaban J connectivity index is 2.65. The van der Waals surface area contributed by atoms with Crippen molar-refractivity contribution in [2.45, 2.75) is 25.1 Å². The van der Waals surface area contributed by atoms with Gasteiger partial charge >= 0.3 is 5.97 Å². The number of esters is 1. The highest BCUT2D eigenvalue weighted by atomic mass is 35.5. The number of rotatable bonds is 6. The second kappa shape index (κ2) is 7.67. The summed E-state index contributed by atoms with van der Waals surface area (Å²) in [6.45, 7) is 4.13. The van der Waals surface area contributed by atoms with Crippen molar-refractivity contribution in [2.75, 3.05) is 12.4 Å². The highest BCUT2D eigenvalue weighted by Gasteiger charge is 2.18. The topological polar surface area (TPSA) is 52.3 Å². The number of thioether (sulfide) groups is 1. The van der Waals surface area contributed by atoms with Crippen LogP contribution in [0, 0.1) is 0 Å². The molecule has 0 saturated carbocycles. The summed E-state index contributed by atoms with van der Waals surface area (Å²) in [7, 11) is 0. The van der Waals surface area contributed by atoms with Gasteiger partial charge in [-0.25, -0.2) is 0 Å². The molecule has 0 amide bonds. The number of ether oxygens (including phenoxy) is 1. The Kier molecular flexibility index (Phi) is 6.54. The third-order valence-corrected chi connectivity index (χ3v) is 4.08. The smallest absolute Gasteiger partial charge is 0.315 e. The molecule has 0 fully saturated rings. The summed E-state index contributed by atoms with van der Waals surface area (Å²) in [5.41, 5.74) is 7.03. The summed E-state index contributed by atoms with van der Waals surface area (Å²) in [4.78, 5) is 11.4. The molecule has 1 aromatic carbocycles. The number of nitrogens with two attached hydrogens (primary N) is 1. The van der Waals surface area contributed by atoms with Gasteiger partial charge in [-0.15, -0.1) is 11.8 Å². The van der Waals surface area contributed by atoms with Crippen molar-refractivity contribution in [2.24, 2.45) is 5.73 Å². The number of halogens is 1. The minimum Gasteiger partial charge on any atom is -0.465 e. The molecule has 2 atom stereocenters. The van der Waals surface area contributed by atoms with Crippen LogP contribution in [0.3, 0.4) is 0 Å². The molecule has 1 aromatic rings. The Morgan fingerprint density at radius 1 is 1.44 bits per heavy atom. The maximum Gasteiger partial charge on any atom is 0.315 e. The van der Waals surface area contributed by atoms with E-state index in [2.05, 4.69) is 0 Å². The van der Waals surface area contributed by atoms with E-state index >= 15 is 0 Å². The van der Waals surface area contributed by atoms with Gasteiger partial charge in [-0.3, -0.25) is 4.79 Å². The first kappa shape index (κ1) is 15.3. The van der Waals surface area contributed by atoms with Crippen molar-refractivity contribution in [3.8, 4) is 0 Å². The van der Waals surface area contributed by atoms with Gasteiger partial charge in [-0.2, -0.15) is 0 Å². The van der Waals surface area contributed by atoms with Crippen LogP contribution in [0.15, 0.2) is 24.3 Å². The van der Waals surface area contributed by atoms with E-state index in [0.29, 0.717) is 17.4 Å². The van der Waals surface area contributed by atoms with Crippen LogP contribution in [0.4, 0.5) is 0 Å². The molecular formula is C13H18ClNO2S. The summed E-state index contributed by atoms with van der Waals surface area (Å²) >= 11 is 7.35. The Bertz CT molecular complexity index is 381. The van der Waals surface area contributed by atoms with Crippen LogP contribution in [0.1, 0.15) is 24.7 Å². The lowest BCUT2D eigenvalue weighted by Crippen LogP contribution is -2.24. The van der Waals surface area contributed by atoms with Gasteiger partial charge in [0.05, 0.1) is 12.4 Å². The monoisotopic (exact) mass is 287 g/mol. The van der Waals surface area contributed by atoms with E-state index in [0.717, 1.165) is 5.56 Å². The third-order valence-electron chi connectivity index (χ3n) is 2.36. The van der Waals surface area contributed by atoms with E-state index in [4.69, 9.17) is 22.1 Å². The lowest BCUT2D eigenvalue weighted by Gasteiger charge is -2.20. The lowest BCUT2D eigenvalue weighted by atomic mass is 10.1. The normalized spacial score (nSPS) is 14.0. The van der Waals surface area contributed by atoms with Crippen LogP contribution < -0.4 is 5.73 Å². The molecule has 0 radical (unpaired) electrons. The van der Waals surface area contributed by atoms with Crippen molar-refractivity contribution in [3.05, 3.63) is 34.9 Å². The van der Waals surface area contributed by atoms with Gasteiger partial charge in [0.2, 0.25) is 0 Å². The van der Waals surface area contributed by atoms with Crippen LogP contribution >= 0.6 is 23.4 Å². The van der Waals surface area contributed by atoms with E-state index in [1.165, 1.54) is 11.8 Å². The van der Waals surface area contributed by atoms with Crippen molar-refractivity contribution in [1.29, 1.82) is 0 Å². The van der Waals surface area contributed by atoms with Gasteiger partial charge in [-0.05, 0) is 31.5 Å². The molecule has 1 rings (SSSR count). The molecule has 0 aliphatic carbocycles.